The van der Waals surface area contributed by atoms with Gasteiger partial charge in [-0.3, -0.25) is 14.5 Å². The van der Waals surface area contributed by atoms with Gasteiger partial charge in [0.05, 0.1) is 7.11 Å². The summed E-state index contributed by atoms with van der Waals surface area (Å²) in [5, 5.41) is 3.06. The van der Waals surface area contributed by atoms with Gasteiger partial charge in [0.2, 0.25) is 18.3 Å². The second-order valence-electron chi connectivity index (χ2n) is 7.37. The minimum absolute atomic E-state index is 0.148. The van der Waals surface area contributed by atoms with E-state index in [9.17, 15) is 9.59 Å². The molecule has 0 unspecified atom stereocenters. The van der Waals surface area contributed by atoms with Crippen molar-refractivity contribution in [1.29, 1.82) is 0 Å². The molecule has 2 amide bonds. The van der Waals surface area contributed by atoms with Gasteiger partial charge >= 0.3 is 0 Å². The van der Waals surface area contributed by atoms with Crippen LogP contribution in [0.15, 0.2) is 66.9 Å². The molecular formula is C24H24N3O3+. The van der Waals surface area contributed by atoms with Gasteiger partial charge in [0.1, 0.15) is 5.75 Å². The van der Waals surface area contributed by atoms with Crippen molar-refractivity contribution in [1.82, 2.24) is 0 Å². The number of rotatable bonds is 4. The number of amides is 2. The smallest absolute Gasteiger partial charge is 0.294 e. The van der Waals surface area contributed by atoms with Crippen LogP contribution in [-0.2, 0) is 16.1 Å². The summed E-state index contributed by atoms with van der Waals surface area (Å²) in [6, 6.07) is 17.9. The molecule has 2 heterocycles. The van der Waals surface area contributed by atoms with E-state index >= 15 is 0 Å². The fraction of sp³-hybridized carbons (Fsp3) is 0.208. The first-order valence-electron chi connectivity index (χ1n) is 9.81. The lowest BCUT2D eigenvalue weighted by Crippen LogP contribution is -2.58. The molecule has 3 aromatic rings. The van der Waals surface area contributed by atoms with Crippen LogP contribution in [0.25, 0.3) is 0 Å². The molecule has 0 fully saturated rings. The molecule has 152 valence electrons. The van der Waals surface area contributed by atoms with E-state index in [1.807, 2.05) is 61.0 Å². The zero-order chi connectivity index (χ0) is 21.3. The first kappa shape index (κ1) is 19.6. The average molecular weight is 402 g/mol. The standard InChI is InChI=1S/C24H23N3O3/c1-16-7-6-8-17(2)22(16)25-24(29)23-20-9-4-5-14-26(20)15-21(28)27(23)18-10-12-19(30-3)13-11-18/h4-14,23H,15H2,1-3H3/p+1/t23-/m0/s1. The Morgan fingerprint density at radius 3 is 2.40 bits per heavy atom. The number of hydrogen-bond acceptors (Lipinski definition) is 3. The van der Waals surface area contributed by atoms with Gasteiger partial charge in [0.15, 0.2) is 6.20 Å². The third kappa shape index (κ3) is 3.52. The van der Waals surface area contributed by atoms with Crippen molar-refractivity contribution in [2.45, 2.75) is 26.4 Å². The summed E-state index contributed by atoms with van der Waals surface area (Å²) in [6.45, 7) is 4.09. The van der Waals surface area contributed by atoms with E-state index in [2.05, 4.69) is 5.32 Å². The molecule has 0 bridgehead atoms. The van der Waals surface area contributed by atoms with E-state index < -0.39 is 6.04 Å². The summed E-state index contributed by atoms with van der Waals surface area (Å²) in [5.74, 6) is 0.288. The number of ether oxygens (including phenoxy) is 1. The first-order chi connectivity index (χ1) is 14.5. The Hall–Kier alpha value is -3.67. The number of carbonyl (C=O) groups excluding carboxylic acids is 2. The molecule has 0 radical (unpaired) electrons. The zero-order valence-electron chi connectivity index (χ0n) is 17.3. The highest BCUT2D eigenvalue weighted by Gasteiger charge is 2.43. The van der Waals surface area contributed by atoms with E-state index in [0.29, 0.717) is 11.4 Å². The van der Waals surface area contributed by atoms with Gasteiger partial charge in [-0.1, -0.05) is 24.3 Å². The Morgan fingerprint density at radius 1 is 1.03 bits per heavy atom. The molecule has 6 heteroatoms. The third-order valence-electron chi connectivity index (χ3n) is 5.42. The van der Waals surface area contributed by atoms with Crippen molar-refractivity contribution in [3.05, 3.63) is 83.7 Å². The normalized spacial score (nSPS) is 15.5. The van der Waals surface area contributed by atoms with E-state index in [1.54, 1.807) is 36.3 Å². The van der Waals surface area contributed by atoms with E-state index in [0.717, 1.165) is 22.5 Å². The minimum atomic E-state index is -0.792. The summed E-state index contributed by atoms with van der Waals surface area (Å²) < 4.78 is 7.06. The fourth-order valence-corrected chi connectivity index (χ4v) is 3.87. The van der Waals surface area contributed by atoms with Gasteiger partial charge in [-0.25, -0.2) is 0 Å². The first-order valence-corrected chi connectivity index (χ1v) is 9.81. The molecule has 1 N–H and O–H groups in total. The van der Waals surface area contributed by atoms with Gasteiger partial charge in [-0.05, 0) is 49.2 Å². The molecule has 30 heavy (non-hydrogen) atoms. The lowest BCUT2D eigenvalue weighted by atomic mass is 10.0. The second-order valence-corrected chi connectivity index (χ2v) is 7.37. The van der Waals surface area contributed by atoms with E-state index in [-0.39, 0.29) is 18.4 Å². The Bertz CT molecular complexity index is 1090. The summed E-state index contributed by atoms with van der Waals surface area (Å²) in [7, 11) is 1.59. The molecule has 2 aromatic carbocycles. The summed E-state index contributed by atoms with van der Waals surface area (Å²) >= 11 is 0. The number of methoxy groups -OCH3 is 1. The number of benzene rings is 2. The molecule has 1 atom stereocenters. The van der Waals surface area contributed by atoms with Crippen molar-refractivity contribution in [3.8, 4) is 5.75 Å². The monoisotopic (exact) mass is 402 g/mol. The van der Waals surface area contributed by atoms with Crippen molar-refractivity contribution in [2.24, 2.45) is 0 Å². The predicted octanol–water partition coefficient (Wildman–Crippen LogP) is 3.33. The van der Waals surface area contributed by atoms with Gasteiger partial charge < -0.3 is 10.1 Å². The lowest BCUT2D eigenvalue weighted by Gasteiger charge is -2.32. The lowest BCUT2D eigenvalue weighted by molar-refractivity contribution is -0.695. The fourth-order valence-electron chi connectivity index (χ4n) is 3.87. The highest BCUT2D eigenvalue weighted by molar-refractivity contribution is 6.05. The van der Waals surface area contributed by atoms with Crippen molar-refractivity contribution < 1.29 is 18.9 Å². The van der Waals surface area contributed by atoms with Crippen LogP contribution in [0.4, 0.5) is 11.4 Å². The summed E-state index contributed by atoms with van der Waals surface area (Å²) in [6.07, 6.45) is 1.83. The third-order valence-corrected chi connectivity index (χ3v) is 5.42. The molecular weight excluding hydrogens is 378 g/mol. The number of anilines is 2. The molecule has 0 saturated carbocycles. The average Bonchev–Trinajstić information content (AvgIpc) is 2.75. The van der Waals surface area contributed by atoms with Crippen LogP contribution in [0.3, 0.4) is 0 Å². The quantitative estimate of drug-likeness (QED) is 0.681. The zero-order valence-corrected chi connectivity index (χ0v) is 17.3. The molecule has 1 aliphatic rings. The Balaban J connectivity index is 1.78. The largest absolute Gasteiger partial charge is 0.497 e. The topological polar surface area (TPSA) is 62.5 Å². The molecule has 0 aliphatic carbocycles. The van der Waals surface area contributed by atoms with Crippen LogP contribution in [0.2, 0.25) is 0 Å². The van der Waals surface area contributed by atoms with Gasteiger partial charge in [-0.15, -0.1) is 0 Å². The number of aromatic nitrogens is 1. The minimum Gasteiger partial charge on any atom is -0.497 e. The van der Waals surface area contributed by atoms with Crippen LogP contribution in [0.1, 0.15) is 22.9 Å². The molecule has 4 rings (SSSR count). The van der Waals surface area contributed by atoms with Crippen LogP contribution in [0.5, 0.6) is 5.75 Å². The maximum Gasteiger partial charge on any atom is 0.294 e. The van der Waals surface area contributed by atoms with Crippen LogP contribution >= 0.6 is 0 Å². The van der Waals surface area contributed by atoms with Crippen LogP contribution in [0, 0.1) is 13.8 Å². The summed E-state index contributed by atoms with van der Waals surface area (Å²) in [4.78, 5) is 28.2. The van der Waals surface area contributed by atoms with Crippen molar-refractivity contribution in [3.63, 3.8) is 0 Å². The number of aryl methyl sites for hydroxylation is 2. The number of hydrogen-bond donors (Lipinski definition) is 1. The number of fused-ring (bicyclic) bond motifs is 1. The molecule has 0 saturated heterocycles. The van der Waals surface area contributed by atoms with E-state index in [4.69, 9.17) is 4.74 Å². The number of para-hydroxylation sites is 1. The molecule has 1 aromatic heterocycles. The number of nitrogens with zero attached hydrogens (tertiary/aromatic N) is 2. The Morgan fingerprint density at radius 2 is 1.73 bits per heavy atom. The maximum absolute atomic E-state index is 13.5. The number of nitrogens with one attached hydrogen (secondary N) is 1. The van der Waals surface area contributed by atoms with Gasteiger partial charge in [0, 0.05) is 23.5 Å². The SMILES string of the molecule is COc1ccc(N2C(=O)C[n+]3ccccc3[C@H]2C(=O)Nc2c(C)cccc2C)cc1. The predicted molar refractivity (Wildman–Crippen MR) is 114 cm³/mol. The molecule has 6 nitrogen and oxygen atoms in total. The van der Waals surface area contributed by atoms with Gasteiger partial charge in [-0.2, -0.15) is 4.57 Å². The van der Waals surface area contributed by atoms with Gasteiger partial charge in [0.25, 0.3) is 11.8 Å². The second kappa shape index (κ2) is 7.99. The van der Waals surface area contributed by atoms with Crippen LogP contribution in [-0.4, -0.2) is 18.9 Å². The Labute approximate surface area is 175 Å². The highest BCUT2D eigenvalue weighted by Crippen LogP contribution is 2.32. The molecule has 0 spiro atoms. The van der Waals surface area contributed by atoms with E-state index in [1.165, 1.54) is 0 Å². The molecule has 1 aliphatic heterocycles. The maximum atomic E-state index is 13.5. The summed E-state index contributed by atoms with van der Waals surface area (Å²) in [5.41, 5.74) is 4.14. The highest BCUT2D eigenvalue weighted by atomic mass is 16.5. The van der Waals surface area contributed by atoms with Crippen molar-refractivity contribution in [2.75, 3.05) is 17.3 Å². The van der Waals surface area contributed by atoms with Crippen LogP contribution < -0.4 is 19.5 Å². The van der Waals surface area contributed by atoms with Crippen molar-refractivity contribution >= 4 is 23.2 Å². The number of pyridine rings is 1. The Kier molecular flexibility index (Phi) is 5.23. The number of carbonyl (C=O) groups is 2.